The fraction of sp³-hybridized carbons (Fsp3) is 0.500. The number of rotatable bonds is 2. The number of carbonyl (C=O) groups excluding carboxylic acids is 1. The largest absolute Gasteiger partial charge is 0.335 e. The van der Waals surface area contributed by atoms with E-state index >= 15 is 0 Å². The van der Waals surface area contributed by atoms with Crippen molar-refractivity contribution in [3.05, 3.63) is 29.3 Å². The average Bonchev–Trinajstić information content (AvgIpc) is 2.70. The van der Waals surface area contributed by atoms with Crippen molar-refractivity contribution in [2.24, 2.45) is 0 Å². The number of nitrogens with one attached hydrogen (secondary N) is 2. The molecule has 0 unspecified atom stereocenters. The van der Waals surface area contributed by atoms with Crippen molar-refractivity contribution in [2.75, 3.05) is 5.32 Å². The Morgan fingerprint density at radius 2 is 1.95 bits per heavy atom. The lowest BCUT2D eigenvalue weighted by Crippen LogP contribution is -2.37. The Morgan fingerprint density at radius 1 is 1.25 bits per heavy atom. The van der Waals surface area contributed by atoms with Crippen LogP contribution >= 0.6 is 0 Å². The fourth-order valence-corrected chi connectivity index (χ4v) is 2.59. The molecule has 0 aromatic heterocycles. The summed E-state index contributed by atoms with van der Waals surface area (Å²) in [7, 11) is 0. The molecular formula is C16H21N3O. The number of anilines is 1. The van der Waals surface area contributed by atoms with E-state index in [9.17, 15) is 4.79 Å². The third-order valence-corrected chi connectivity index (χ3v) is 3.81. The van der Waals surface area contributed by atoms with Crippen LogP contribution in [0.3, 0.4) is 0 Å². The number of amides is 2. The van der Waals surface area contributed by atoms with E-state index in [0.717, 1.165) is 18.4 Å². The Kier molecular flexibility index (Phi) is 5.00. The number of aryl methyl sites for hydroxylation is 1. The molecule has 20 heavy (non-hydrogen) atoms. The second kappa shape index (κ2) is 6.95. The van der Waals surface area contributed by atoms with Gasteiger partial charge in [-0.15, -0.1) is 0 Å². The molecule has 4 nitrogen and oxygen atoms in total. The summed E-state index contributed by atoms with van der Waals surface area (Å²) in [6.45, 7) is 1.92. The van der Waals surface area contributed by atoms with E-state index in [1.807, 2.05) is 13.0 Å². The minimum atomic E-state index is -0.171. The van der Waals surface area contributed by atoms with Gasteiger partial charge in [0.2, 0.25) is 0 Å². The highest BCUT2D eigenvalue weighted by atomic mass is 16.2. The maximum absolute atomic E-state index is 12.0. The second-order valence-electron chi connectivity index (χ2n) is 5.43. The summed E-state index contributed by atoms with van der Waals surface area (Å²) in [6, 6.07) is 7.50. The zero-order chi connectivity index (χ0) is 14.4. The normalized spacial score (nSPS) is 16.0. The molecule has 0 spiro atoms. The summed E-state index contributed by atoms with van der Waals surface area (Å²) >= 11 is 0. The summed E-state index contributed by atoms with van der Waals surface area (Å²) in [4.78, 5) is 12.0. The zero-order valence-electron chi connectivity index (χ0n) is 11.9. The maximum atomic E-state index is 12.0. The van der Waals surface area contributed by atoms with Crippen LogP contribution in [-0.2, 0) is 0 Å². The molecule has 1 aromatic rings. The van der Waals surface area contributed by atoms with Crippen LogP contribution in [0, 0.1) is 18.3 Å². The number of benzene rings is 1. The van der Waals surface area contributed by atoms with E-state index in [1.54, 1.807) is 12.1 Å². The summed E-state index contributed by atoms with van der Waals surface area (Å²) in [5, 5.41) is 14.8. The predicted octanol–water partition coefficient (Wildman–Crippen LogP) is 3.71. The summed E-state index contributed by atoms with van der Waals surface area (Å²) in [6.07, 6.45) is 7.03. The van der Waals surface area contributed by atoms with Crippen molar-refractivity contribution in [1.29, 1.82) is 5.26 Å². The molecule has 4 heteroatoms. The summed E-state index contributed by atoms with van der Waals surface area (Å²) < 4.78 is 0. The minimum absolute atomic E-state index is 0.171. The average molecular weight is 271 g/mol. The number of nitrogens with zero attached hydrogens (tertiary/aromatic N) is 1. The van der Waals surface area contributed by atoms with Crippen molar-refractivity contribution in [2.45, 2.75) is 51.5 Å². The van der Waals surface area contributed by atoms with E-state index in [-0.39, 0.29) is 12.1 Å². The van der Waals surface area contributed by atoms with Crippen molar-refractivity contribution >= 4 is 11.7 Å². The Morgan fingerprint density at radius 3 is 2.60 bits per heavy atom. The number of carbonyl (C=O) groups is 1. The van der Waals surface area contributed by atoms with Crippen LogP contribution in [0.1, 0.15) is 49.7 Å². The van der Waals surface area contributed by atoms with E-state index in [0.29, 0.717) is 11.3 Å². The summed E-state index contributed by atoms with van der Waals surface area (Å²) in [5.41, 5.74) is 2.22. The molecule has 0 aliphatic heterocycles. The van der Waals surface area contributed by atoms with Gasteiger partial charge < -0.3 is 10.6 Å². The van der Waals surface area contributed by atoms with Crippen LogP contribution in [0.5, 0.6) is 0 Å². The van der Waals surface area contributed by atoms with Crippen LogP contribution in [-0.4, -0.2) is 12.1 Å². The second-order valence-corrected chi connectivity index (χ2v) is 5.43. The molecule has 1 aliphatic rings. The van der Waals surface area contributed by atoms with Gasteiger partial charge in [-0.05, 0) is 37.5 Å². The Hall–Kier alpha value is -2.02. The number of urea groups is 1. The van der Waals surface area contributed by atoms with Gasteiger partial charge in [0.05, 0.1) is 11.6 Å². The molecular weight excluding hydrogens is 250 g/mol. The van der Waals surface area contributed by atoms with Gasteiger partial charge in [0.25, 0.3) is 0 Å². The van der Waals surface area contributed by atoms with Gasteiger partial charge >= 0.3 is 6.03 Å². The van der Waals surface area contributed by atoms with Crippen LogP contribution < -0.4 is 10.6 Å². The molecule has 1 fully saturated rings. The smallest absolute Gasteiger partial charge is 0.319 e. The zero-order valence-corrected chi connectivity index (χ0v) is 11.9. The lowest BCUT2D eigenvalue weighted by molar-refractivity contribution is 0.247. The standard InChI is InChI=1S/C16H21N3O/c1-12-8-9-13(11-17)10-15(12)19-16(20)18-14-6-4-2-3-5-7-14/h8-10,14H,2-7H2,1H3,(H2,18,19,20). The van der Waals surface area contributed by atoms with E-state index < -0.39 is 0 Å². The van der Waals surface area contributed by atoms with Crippen molar-refractivity contribution in [3.63, 3.8) is 0 Å². The molecule has 0 bridgehead atoms. The van der Waals surface area contributed by atoms with Gasteiger partial charge in [-0.25, -0.2) is 4.79 Å². The molecule has 2 rings (SSSR count). The molecule has 0 atom stereocenters. The quantitative estimate of drug-likeness (QED) is 0.805. The monoisotopic (exact) mass is 271 g/mol. The first-order chi connectivity index (χ1) is 9.69. The highest BCUT2D eigenvalue weighted by Gasteiger charge is 2.15. The topological polar surface area (TPSA) is 64.9 Å². The molecule has 1 aromatic carbocycles. The predicted molar refractivity (Wildman–Crippen MR) is 79.5 cm³/mol. The Labute approximate surface area is 120 Å². The molecule has 2 amide bonds. The molecule has 106 valence electrons. The fourth-order valence-electron chi connectivity index (χ4n) is 2.59. The third kappa shape index (κ3) is 3.99. The van der Waals surface area contributed by atoms with Crippen molar-refractivity contribution in [1.82, 2.24) is 5.32 Å². The minimum Gasteiger partial charge on any atom is -0.335 e. The van der Waals surface area contributed by atoms with Gasteiger partial charge in [-0.3, -0.25) is 0 Å². The van der Waals surface area contributed by atoms with Gasteiger partial charge in [-0.2, -0.15) is 5.26 Å². The first-order valence-corrected chi connectivity index (χ1v) is 7.27. The van der Waals surface area contributed by atoms with Crippen LogP contribution in [0.15, 0.2) is 18.2 Å². The number of hydrogen-bond acceptors (Lipinski definition) is 2. The number of nitriles is 1. The Bertz CT molecular complexity index is 511. The van der Waals surface area contributed by atoms with Crippen LogP contribution in [0.4, 0.5) is 10.5 Å². The van der Waals surface area contributed by atoms with Crippen molar-refractivity contribution in [3.8, 4) is 6.07 Å². The van der Waals surface area contributed by atoms with Crippen molar-refractivity contribution < 1.29 is 4.79 Å². The summed E-state index contributed by atoms with van der Waals surface area (Å²) in [5.74, 6) is 0. The van der Waals surface area contributed by atoms with Gasteiger partial charge in [0.15, 0.2) is 0 Å². The lowest BCUT2D eigenvalue weighted by atomic mass is 10.1. The SMILES string of the molecule is Cc1ccc(C#N)cc1NC(=O)NC1CCCCCC1. The van der Waals surface area contributed by atoms with E-state index in [2.05, 4.69) is 16.7 Å². The number of hydrogen-bond donors (Lipinski definition) is 2. The third-order valence-electron chi connectivity index (χ3n) is 3.81. The van der Waals surface area contributed by atoms with Gasteiger partial charge in [0.1, 0.15) is 0 Å². The highest BCUT2D eigenvalue weighted by molar-refractivity contribution is 5.90. The van der Waals surface area contributed by atoms with E-state index in [4.69, 9.17) is 5.26 Å². The lowest BCUT2D eigenvalue weighted by Gasteiger charge is -2.17. The van der Waals surface area contributed by atoms with Gasteiger partial charge in [-0.1, -0.05) is 31.7 Å². The molecule has 0 radical (unpaired) electrons. The maximum Gasteiger partial charge on any atom is 0.319 e. The first-order valence-electron chi connectivity index (χ1n) is 7.27. The Balaban J connectivity index is 1.95. The molecule has 1 aliphatic carbocycles. The molecule has 0 saturated heterocycles. The first kappa shape index (κ1) is 14.4. The van der Waals surface area contributed by atoms with Gasteiger partial charge in [0, 0.05) is 11.7 Å². The van der Waals surface area contributed by atoms with E-state index in [1.165, 1.54) is 25.7 Å². The molecule has 2 N–H and O–H groups in total. The van der Waals surface area contributed by atoms with Crippen LogP contribution in [0.25, 0.3) is 0 Å². The molecule has 0 heterocycles. The van der Waals surface area contributed by atoms with Crippen LogP contribution in [0.2, 0.25) is 0 Å². The highest BCUT2D eigenvalue weighted by Crippen LogP contribution is 2.19. The molecule has 1 saturated carbocycles.